The van der Waals surface area contributed by atoms with Crippen molar-refractivity contribution in [2.75, 3.05) is 39.4 Å². The van der Waals surface area contributed by atoms with Gasteiger partial charge in [-0.1, -0.05) is 36.4 Å². The highest BCUT2D eigenvalue weighted by Crippen LogP contribution is 2.21. The van der Waals surface area contributed by atoms with E-state index < -0.39 is 5.92 Å². The second-order valence-electron chi connectivity index (χ2n) is 7.34. The predicted octanol–water partition coefficient (Wildman–Crippen LogP) is 2.82. The molecule has 1 aliphatic heterocycles. The highest BCUT2D eigenvalue weighted by atomic mass is 16.5. The van der Waals surface area contributed by atoms with Crippen molar-refractivity contribution in [1.82, 2.24) is 20.1 Å². The van der Waals surface area contributed by atoms with Crippen LogP contribution in [0, 0.1) is 0 Å². The van der Waals surface area contributed by atoms with E-state index in [1.165, 1.54) is 0 Å². The Morgan fingerprint density at radius 3 is 2.47 bits per heavy atom. The maximum atomic E-state index is 13.2. The number of benzene rings is 1. The van der Waals surface area contributed by atoms with Crippen LogP contribution in [-0.4, -0.2) is 66.1 Å². The largest absolute Gasteiger partial charge is 0.378 e. The van der Waals surface area contributed by atoms with Crippen LogP contribution in [0.5, 0.6) is 0 Å². The minimum Gasteiger partial charge on any atom is -0.378 e. The van der Waals surface area contributed by atoms with Gasteiger partial charge in [-0.3, -0.25) is 9.78 Å². The maximum absolute atomic E-state index is 13.2. The minimum absolute atomic E-state index is 0.0214. The number of carbonyl (C=O) groups is 2. The van der Waals surface area contributed by atoms with E-state index in [0.29, 0.717) is 32.8 Å². The number of amides is 3. The van der Waals surface area contributed by atoms with E-state index in [4.69, 9.17) is 4.74 Å². The van der Waals surface area contributed by atoms with Gasteiger partial charge in [-0.25, -0.2) is 4.79 Å². The third kappa shape index (κ3) is 5.36. The third-order valence-corrected chi connectivity index (χ3v) is 5.52. The number of hydrogen-bond donors (Lipinski definition) is 1. The van der Waals surface area contributed by atoms with Gasteiger partial charge in [0.15, 0.2) is 0 Å². The number of hydrogen-bond acceptors (Lipinski definition) is 4. The van der Waals surface area contributed by atoms with Crippen LogP contribution in [-0.2, 0) is 9.53 Å². The second kappa shape index (κ2) is 10.7. The summed E-state index contributed by atoms with van der Waals surface area (Å²) in [6.45, 7) is 6.97. The monoisotopic (exact) mass is 410 g/mol. The van der Waals surface area contributed by atoms with Gasteiger partial charge in [-0.15, -0.1) is 0 Å². The van der Waals surface area contributed by atoms with Crippen molar-refractivity contribution in [3.63, 3.8) is 0 Å². The van der Waals surface area contributed by atoms with Crippen LogP contribution in [0.25, 0.3) is 0 Å². The lowest BCUT2D eigenvalue weighted by molar-refractivity contribution is -0.136. The first kappa shape index (κ1) is 21.8. The SMILES string of the molecule is CCN(C(=O)NCC(C(=O)N1CCOCC1)c1ccccc1)C(C)c1cccnc1. The van der Waals surface area contributed by atoms with Gasteiger partial charge >= 0.3 is 6.03 Å². The third-order valence-electron chi connectivity index (χ3n) is 5.52. The lowest BCUT2D eigenvalue weighted by Crippen LogP contribution is -2.47. The van der Waals surface area contributed by atoms with Gasteiger partial charge in [0, 0.05) is 38.6 Å². The zero-order valence-corrected chi connectivity index (χ0v) is 17.7. The van der Waals surface area contributed by atoms with Gasteiger partial charge in [0.2, 0.25) is 5.91 Å². The fraction of sp³-hybridized carbons (Fsp3) is 0.435. The Balaban J connectivity index is 1.71. The van der Waals surface area contributed by atoms with Gasteiger partial charge in [-0.05, 0) is 31.0 Å². The van der Waals surface area contributed by atoms with E-state index >= 15 is 0 Å². The topological polar surface area (TPSA) is 74.8 Å². The Hall–Kier alpha value is -2.93. The number of nitrogens with zero attached hydrogens (tertiary/aromatic N) is 3. The van der Waals surface area contributed by atoms with Gasteiger partial charge in [0.25, 0.3) is 0 Å². The van der Waals surface area contributed by atoms with E-state index in [2.05, 4.69) is 10.3 Å². The number of morpholine rings is 1. The molecule has 0 radical (unpaired) electrons. The first-order valence-corrected chi connectivity index (χ1v) is 10.5. The lowest BCUT2D eigenvalue weighted by atomic mass is 9.97. The van der Waals surface area contributed by atoms with Crippen LogP contribution in [0.2, 0.25) is 0 Å². The van der Waals surface area contributed by atoms with Crippen molar-refractivity contribution in [2.24, 2.45) is 0 Å². The van der Waals surface area contributed by atoms with Crippen molar-refractivity contribution < 1.29 is 14.3 Å². The number of pyridine rings is 1. The summed E-state index contributed by atoms with van der Waals surface area (Å²) in [6, 6.07) is 13.1. The molecule has 0 aliphatic carbocycles. The summed E-state index contributed by atoms with van der Waals surface area (Å²) in [5.41, 5.74) is 1.87. The van der Waals surface area contributed by atoms with E-state index in [1.54, 1.807) is 17.3 Å². The van der Waals surface area contributed by atoms with Crippen molar-refractivity contribution in [2.45, 2.75) is 25.8 Å². The highest BCUT2D eigenvalue weighted by Gasteiger charge is 2.29. The summed E-state index contributed by atoms with van der Waals surface area (Å²) in [5.74, 6) is -0.409. The summed E-state index contributed by atoms with van der Waals surface area (Å²) in [5, 5.41) is 2.99. The molecule has 2 unspecified atom stereocenters. The van der Waals surface area contributed by atoms with Gasteiger partial charge in [0.1, 0.15) is 0 Å². The van der Waals surface area contributed by atoms with E-state index in [9.17, 15) is 9.59 Å². The fourth-order valence-corrected chi connectivity index (χ4v) is 3.72. The van der Waals surface area contributed by atoms with Crippen LogP contribution < -0.4 is 5.32 Å². The van der Waals surface area contributed by atoms with Crippen molar-refractivity contribution >= 4 is 11.9 Å². The Kier molecular flexibility index (Phi) is 7.79. The van der Waals surface area contributed by atoms with Crippen LogP contribution in [0.1, 0.15) is 36.9 Å². The second-order valence-corrected chi connectivity index (χ2v) is 7.34. The van der Waals surface area contributed by atoms with Gasteiger partial charge in [-0.2, -0.15) is 0 Å². The molecule has 30 heavy (non-hydrogen) atoms. The van der Waals surface area contributed by atoms with Crippen LogP contribution in [0.4, 0.5) is 4.79 Å². The molecule has 1 aromatic carbocycles. The standard InChI is InChI=1S/C23H30N4O3/c1-3-27(18(2)20-10-7-11-24-16-20)23(29)25-17-21(19-8-5-4-6-9-19)22(28)26-12-14-30-15-13-26/h4-11,16,18,21H,3,12-15,17H2,1-2H3,(H,25,29). The summed E-state index contributed by atoms with van der Waals surface area (Å²) in [4.78, 5) is 33.9. The van der Waals surface area contributed by atoms with Crippen LogP contribution in [0.3, 0.4) is 0 Å². The average molecular weight is 411 g/mol. The molecule has 1 aromatic heterocycles. The molecule has 7 heteroatoms. The molecule has 1 N–H and O–H groups in total. The summed E-state index contributed by atoms with van der Waals surface area (Å²) >= 11 is 0. The van der Waals surface area contributed by atoms with Crippen LogP contribution in [0.15, 0.2) is 54.9 Å². The molecule has 2 aromatic rings. The molecule has 3 amide bonds. The molecular weight excluding hydrogens is 380 g/mol. The quantitative estimate of drug-likeness (QED) is 0.762. The minimum atomic E-state index is -0.430. The molecular formula is C23H30N4O3. The Morgan fingerprint density at radius 1 is 1.13 bits per heavy atom. The Bertz CT molecular complexity index is 810. The molecule has 0 saturated carbocycles. The number of urea groups is 1. The molecule has 1 saturated heterocycles. The Labute approximate surface area is 178 Å². The first-order chi connectivity index (χ1) is 14.6. The molecule has 1 aliphatic rings. The molecule has 0 spiro atoms. The first-order valence-electron chi connectivity index (χ1n) is 10.5. The van der Waals surface area contributed by atoms with Crippen molar-refractivity contribution in [3.05, 3.63) is 66.0 Å². The number of carbonyl (C=O) groups excluding carboxylic acids is 2. The Morgan fingerprint density at radius 2 is 1.83 bits per heavy atom. The summed E-state index contributed by atoms with van der Waals surface area (Å²) in [6.07, 6.45) is 3.49. The predicted molar refractivity (Wildman–Crippen MR) is 115 cm³/mol. The molecule has 1 fully saturated rings. The smallest absolute Gasteiger partial charge is 0.317 e. The number of aromatic nitrogens is 1. The van der Waals surface area contributed by atoms with Crippen LogP contribution >= 0.6 is 0 Å². The van der Waals surface area contributed by atoms with Gasteiger partial charge < -0.3 is 19.9 Å². The van der Waals surface area contributed by atoms with Crippen molar-refractivity contribution in [1.29, 1.82) is 0 Å². The number of rotatable bonds is 7. The maximum Gasteiger partial charge on any atom is 0.317 e. The number of ether oxygens (including phenoxy) is 1. The molecule has 0 bridgehead atoms. The molecule has 2 atom stereocenters. The molecule has 160 valence electrons. The lowest BCUT2D eigenvalue weighted by Gasteiger charge is -2.32. The fourth-order valence-electron chi connectivity index (χ4n) is 3.72. The molecule has 2 heterocycles. The van der Waals surface area contributed by atoms with E-state index in [0.717, 1.165) is 11.1 Å². The van der Waals surface area contributed by atoms with Crippen molar-refractivity contribution in [3.8, 4) is 0 Å². The molecule has 3 rings (SSSR count). The zero-order chi connectivity index (χ0) is 21.3. The van der Waals surface area contributed by atoms with E-state index in [-0.39, 0.29) is 24.5 Å². The normalized spacial score (nSPS) is 15.9. The summed E-state index contributed by atoms with van der Waals surface area (Å²) in [7, 11) is 0. The number of nitrogens with one attached hydrogen (secondary N) is 1. The van der Waals surface area contributed by atoms with E-state index in [1.807, 2.05) is 61.2 Å². The highest BCUT2D eigenvalue weighted by molar-refractivity contribution is 5.85. The molecule has 7 nitrogen and oxygen atoms in total. The zero-order valence-electron chi connectivity index (χ0n) is 17.7. The van der Waals surface area contributed by atoms with Gasteiger partial charge in [0.05, 0.1) is 25.2 Å². The summed E-state index contributed by atoms with van der Waals surface area (Å²) < 4.78 is 5.37. The average Bonchev–Trinajstić information content (AvgIpc) is 2.81.